The molecule has 1 aliphatic rings. The van der Waals surface area contributed by atoms with Crippen LogP contribution in [-0.2, 0) is 9.53 Å². The second-order valence-corrected chi connectivity index (χ2v) is 5.06. The van der Waals surface area contributed by atoms with Crippen molar-refractivity contribution in [1.29, 1.82) is 0 Å². The van der Waals surface area contributed by atoms with Crippen LogP contribution in [0.1, 0.15) is 26.2 Å². The van der Waals surface area contributed by atoms with Gasteiger partial charge in [0.1, 0.15) is 0 Å². The zero-order valence-electron chi connectivity index (χ0n) is 11.9. The van der Waals surface area contributed by atoms with Crippen molar-refractivity contribution >= 4 is 12.0 Å². The molecule has 0 aromatic heterocycles. The second-order valence-electron chi connectivity index (χ2n) is 5.06. The molecule has 6 heteroatoms. The Kier molecular flexibility index (Phi) is 6.62. The Bertz CT molecular complexity index is 302. The highest BCUT2D eigenvalue weighted by atomic mass is 16.5. The van der Waals surface area contributed by atoms with E-state index in [1.165, 1.54) is 7.11 Å². The minimum atomic E-state index is -0.316. The first-order valence-corrected chi connectivity index (χ1v) is 6.89. The van der Waals surface area contributed by atoms with Gasteiger partial charge in [0.25, 0.3) is 0 Å². The Morgan fingerprint density at radius 3 is 2.26 bits per heavy atom. The van der Waals surface area contributed by atoms with E-state index in [2.05, 4.69) is 11.7 Å². The van der Waals surface area contributed by atoms with Crippen molar-refractivity contribution in [2.24, 2.45) is 11.7 Å². The highest BCUT2D eigenvalue weighted by Crippen LogP contribution is 2.12. The summed E-state index contributed by atoms with van der Waals surface area (Å²) in [5, 5.41) is 0. The van der Waals surface area contributed by atoms with Crippen LogP contribution in [0, 0.1) is 5.92 Å². The molecule has 0 radical (unpaired) electrons. The number of piperazine rings is 1. The Morgan fingerprint density at radius 2 is 1.74 bits per heavy atom. The molecule has 1 heterocycles. The number of carbonyl (C=O) groups excluding carboxylic acids is 2. The molecule has 0 spiro atoms. The number of methoxy groups -OCH3 is 1. The molecule has 2 amide bonds. The third-order valence-electron chi connectivity index (χ3n) is 3.58. The lowest BCUT2D eigenvalue weighted by Gasteiger charge is -2.34. The van der Waals surface area contributed by atoms with E-state index in [0.717, 1.165) is 12.8 Å². The van der Waals surface area contributed by atoms with Gasteiger partial charge in [-0.25, -0.2) is 4.79 Å². The molecule has 1 aliphatic heterocycles. The fraction of sp³-hybridized carbons (Fsp3) is 0.846. The quantitative estimate of drug-likeness (QED) is 0.797. The van der Waals surface area contributed by atoms with Gasteiger partial charge in [-0.05, 0) is 25.3 Å². The minimum absolute atomic E-state index is 0.174. The Labute approximate surface area is 114 Å². The molecule has 0 aromatic carbocycles. The van der Waals surface area contributed by atoms with Crippen LogP contribution in [0.3, 0.4) is 0 Å². The largest absolute Gasteiger partial charge is 0.453 e. The van der Waals surface area contributed by atoms with E-state index in [1.807, 2.05) is 4.90 Å². The van der Waals surface area contributed by atoms with Crippen molar-refractivity contribution < 1.29 is 14.3 Å². The fourth-order valence-corrected chi connectivity index (χ4v) is 2.22. The molecule has 0 aromatic rings. The predicted octanol–water partition coefficient (Wildman–Crippen LogP) is 0.662. The lowest BCUT2D eigenvalue weighted by Crippen LogP contribution is -2.50. The van der Waals surface area contributed by atoms with E-state index < -0.39 is 0 Å². The zero-order chi connectivity index (χ0) is 14.3. The van der Waals surface area contributed by atoms with Crippen LogP contribution in [-0.4, -0.2) is 61.6 Å². The maximum absolute atomic E-state index is 12.0. The number of nitrogens with zero attached hydrogens (tertiary/aromatic N) is 2. The number of carbonyl (C=O) groups is 2. The lowest BCUT2D eigenvalue weighted by molar-refractivity contribution is -0.133. The summed E-state index contributed by atoms with van der Waals surface area (Å²) in [7, 11) is 1.37. The number of amides is 2. The van der Waals surface area contributed by atoms with Crippen LogP contribution in [0.25, 0.3) is 0 Å². The van der Waals surface area contributed by atoms with Gasteiger partial charge >= 0.3 is 6.09 Å². The van der Waals surface area contributed by atoms with E-state index in [0.29, 0.717) is 45.1 Å². The third-order valence-corrected chi connectivity index (χ3v) is 3.58. The van der Waals surface area contributed by atoms with Crippen LogP contribution in [0.15, 0.2) is 0 Å². The van der Waals surface area contributed by atoms with Crippen molar-refractivity contribution in [2.75, 3.05) is 39.8 Å². The molecule has 110 valence electrons. The molecule has 2 N–H and O–H groups in total. The van der Waals surface area contributed by atoms with E-state index >= 15 is 0 Å². The summed E-state index contributed by atoms with van der Waals surface area (Å²) in [4.78, 5) is 26.8. The first-order valence-electron chi connectivity index (χ1n) is 6.89. The molecule has 6 nitrogen and oxygen atoms in total. The van der Waals surface area contributed by atoms with Gasteiger partial charge in [-0.2, -0.15) is 0 Å². The summed E-state index contributed by atoms with van der Waals surface area (Å²) >= 11 is 0. The van der Waals surface area contributed by atoms with E-state index in [1.54, 1.807) is 4.90 Å². The standard InChI is InChI=1S/C13H25N3O3/c1-11(5-6-14)3-4-12(17)15-7-9-16(10-8-15)13(18)19-2/h11H,3-10,14H2,1-2H3. The number of hydrogen-bond acceptors (Lipinski definition) is 4. The molecule has 1 saturated heterocycles. The molecule has 1 unspecified atom stereocenters. The third kappa shape index (κ3) is 5.06. The SMILES string of the molecule is COC(=O)N1CCN(C(=O)CCC(C)CCN)CC1. The van der Waals surface area contributed by atoms with Gasteiger partial charge < -0.3 is 20.3 Å². The first kappa shape index (κ1) is 15.8. The normalized spacial score (nSPS) is 17.2. The van der Waals surface area contributed by atoms with Crippen molar-refractivity contribution in [3.63, 3.8) is 0 Å². The highest BCUT2D eigenvalue weighted by molar-refractivity contribution is 5.76. The minimum Gasteiger partial charge on any atom is -0.453 e. The molecule has 1 rings (SSSR count). The van der Waals surface area contributed by atoms with Gasteiger partial charge in [-0.15, -0.1) is 0 Å². The van der Waals surface area contributed by atoms with E-state index in [-0.39, 0.29) is 12.0 Å². The first-order chi connectivity index (χ1) is 9.08. The van der Waals surface area contributed by atoms with Crippen molar-refractivity contribution in [1.82, 2.24) is 9.80 Å². The molecule has 19 heavy (non-hydrogen) atoms. The number of ether oxygens (including phenoxy) is 1. The average molecular weight is 271 g/mol. The number of rotatable bonds is 5. The molecule has 0 aliphatic carbocycles. The average Bonchev–Trinajstić information content (AvgIpc) is 2.44. The van der Waals surface area contributed by atoms with Gasteiger partial charge in [-0.3, -0.25) is 4.79 Å². The van der Waals surface area contributed by atoms with E-state index in [9.17, 15) is 9.59 Å². The maximum atomic E-state index is 12.0. The number of hydrogen-bond donors (Lipinski definition) is 1. The maximum Gasteiger partial charge on any atom is 0.409 e. The zero-order valence-corrected chi connectivity index (χ0v) is 11.9. The molecule has 1 fully saturated rings. The predicted molar refractivity (Wildman–Crippen MR) is 72.6 cm³/mol. The Morgan fingerprint density at radius 1 is 1.16 bits per heavy atom. The van der Waals surface area contributed by atoms with Gasteiger partial charge in [0.15, 0.2) is 0 Å². The van der Waals surface area contributed by atoms with Gasteiger partial charge in [-0.1, -0.05) is 6.92 Å². The Balaban J connectivity index is 2.27. The molecule has 0 saturated carbocycles. The summed E-state index contributed by atoms with van der Waals surface area (Å²) in [5.74, 6) is 0.665. The number of nitrogens with two attached hydrogens (primary N) is 1. The molecular weight excluding hydrogens is 246 g/mol. The van der Waals surface area contributed by atoms with Crippen LogP contribution in [0.2, 0.25) is 0 Å². The fourth-order valence-electron chi connectivity index (χ4n) is 2.22. The summed E-state index contributed by atoms with van der Waals surface area (Å²) in [6, 6.07) is 0. The van der Waals surface area contributed by atoms with Crippen LogP contribution in [0.4, 0.5) is 4.79 Å². The summed E-state index contributed by atoms with van der Waals surface area (Å²) < 4.78 is 4.66. The summed E-state index contributed by atoms with van der Waals surface area (Å²) in [5.41, 5.74) is 5.49. The van der Waals surface area contributed by atoms with E-state index in [4.69, 9.17) is 5.73 Å². The van der Waals surface area contributed by atoms with Crippen molar-refractivity contribution in [2.45, 2.75) is 26.2 Å². The lowest BCUT2D eigenvalue weighted by atomic mass is 10.0. The van der Waals surface area contributed by atoms with Crippen LogP contribution in [0.5, 0.6) is 0 Å². The smallest absolute Gasteiger partial charge is 0.409 e. The summed E-state index contributed by atoms with van der Waals surface area (Å²) in [6.07, 6.45) is 2.10. The topological polar surface area (TPSA) is 75.9 Å². The molecular formula is C13H25N3O3. The highest BCUT2D eigenvalue weighted by Gasteiger charge is 2.24. The molecule has 0 bridgehead atoms. The van der Waals surface area contributed by atoms with Crippen LogP contribution >= 0.6 is 0 Å². The second kappa shape index (κ2) is 7.99. The van der Waals surface area contributed by atoms with Gasteiger partial charge in [0, 0.05) is 32.6 Å². The van der Waals surface area contributed by atoms with Crippen LogP contribution < -0.4 is 5.73 Å². The molecule has 1 atom stereocenters. The Hall–Kier alpha value is -1.30. The monoisotopic (exact) mass is 271 g/mol. The van der Waals surface area contributed by atoms with Crippen molar-refractivity contribution in [3.8, 4) is 0 Å². The van der Waals surface area contributed by atoms with Crippen molar-refractivity contribution in [3.05, 3.63) is 0 Å². The van der Waals surface area contributed by atoms with Gasteiger partial charge in [0.2, 0.25) is 5.91 Å². The van der Waals surface area contributed by atoms with Gasteiger partial charge in [0.05, 0.1) is 7.11 Å². The summed E-state index contributed by atoms with van der Waals surface area (Å²) in [6.45, 7) is 5.09.